The first-order valence-corrected chi connectivity index (χ1v) is 11.6. The predicted octanol–water partition coefficient (Wildman–Crippen LogP) is 3.26. The minimum Gasteiger partial charge on any atom is -0.466 e. The summed E-state index contributed by atoms with van der Waals surface area (Å²) in [5, 5.41) is 2.73. The Kier molecular flexibility index (Phi) is 8.67. The van der Waals surface area contributed by atoms with Crippen LogP contribution in [0.15, 0.2) is 4.99 Å². The summed E-state index contributed by atoms with van der Waals surface area (Å²) in [7, 11) is 1.60. The van der Waals surface area contributed by atoms with Crippen molar-refractivity contribution in [3.8, 4) is 0 Å². The fourth-order valence-corrected chi connectivity index (χ4v) is 4.22. The fourth-order valence-electron chi connectivity index (χ4n) is 4.22. The van der Waals surface area contributed by atoms with Gasteiger partial charge in [-0.15, -0.1) is 0 Å². The number of esters is 1. The quantitative estimate of drug-likeness (QED) is 0.537. The Morgan fingerprint density at radius 1 is 1.25 bits per heavy atom. The molecule has 2 rings (SSSR count). The molecule has 1 fully saturated rings. The van der Waals surface area contributed by atoms with Crippen LogP contribution >= 0.6 is 0 Å². The number of hydrogen-bond donors (Lipinski definition) is 1. The number of alkyl carbamates (subject to hydrolysis) is 1. The molecule has 0 spiro atoms. The lowest BCUT2D eigenvalue weighted by molar-refractivity contribution is -0.145. The molecule has 0 saturated heterocycles. The van der Waals surface area contributed by atoms with E-state index in [1.807, 2.05) is 13.8 Å². The monoisotopic (exact) mass is 453 g/mol. The number of hydrogen-bond acceptors (Lipinski definition) is 7. The number of guanidine groups is 1. The summed E-state index contributed by atoms with van der Waals surface area (Å²) >= 11 is 0. The molecule has 0 aromatic carbocycles. The standard InChI is InChI=1S/C23H39N3O6/c1-8-23(9-2)14-18(27)26(20(25-23)24-21(29)32-22(4,5)6)17(11-12-30-7)15-13-16(15)19(28)31-10-3/h15-17H,8-14H2,1-7H3,(H,24,25,29). The van der Waals surface area contributed by atoms with Gasteiger partial charge < -0.3 is 14.2 Å². The summed E-state index contributed by atoms with van der Waals surface area (Å²) in [6.45, 7) is 11.8. The van der Waals surface area contributed by atoms with E-state index in [4.69, 9.17) is 19.2 Å². The second-order valence-electron chi connectivity index (χ2n) is 9.54. The average molecular weight is 454 g/mol. The van der Waals surface area contributed by atoms with Crippen LogP contribution in [0.25, 0.3) is 0 Å². The van der Waals surface area contributed by atoms with Crippen molar-refractivity contribution >= 4 is 23.9 Å². The lowest BCUT2D eigenvalue weighted by Crippen LogP contribution is -2.59. The van der Waals surface area contributed by atoms with Crippen LogP contribution < -0.4 is 5.32 Å². The lowest BCUT2D eigenvalue weighted by Gasteiger charge is -2.41. The van der Waals surface area contributed by atoms with Gasteiger partial charge in [0.1, 0.15) is 5.60 Å². The highest BCUT2D eigenvalue weighted by Crippen LogP contribution is 2.46. The molecule has 182 valence electrons. The zero-order chi connectivity index (χ0) is 24.1. The van der Waals surface area contributed by atoms with E-state index < -0.39 is 17.2 Å². The van der Waals surface area contributed by atoms with E-state index in [2.05, 4.69) is 5.32 Å². The molecule has 1 aliphatic carbocycles. The maximum absolute atomic E-state index is 13.4. The van der Waals surface area contributed by atoms with Crippen molar-refractivity contribution in [2.75, 3.05) is 20.3 Å². The first-order valence-electron chi connectivity index (χ1n) is 11.6. The van der Waals surface area contributed by atoms with Gasteiger partial charge in [0.05, 0.1) is 24.5 Å². The van der Waals surface area contributed by atoms with E-state index in [0.717, 1.165) is 0 Å². The van der Waals surface area contributed by atoms with Crippen LogP contribution in [0, 0.1) is 11.8 Å². The highest BCUT2D eigenvalue weighted by atomic mass is 16.6. The molecular formula is C23H39N3O6. The number of amides is 2. The molecule has 0 radical (unpaired) electrons. The molecule has 2 aliphatic rings. The number of aliphatic imine (C=N–C) groups is 1. The molecular weight excluding hydrogens is 414 g/mol. The predicted molar refractivity (Wildman–Crippen MR) is 120 cm³/mol. The van der Waals surface area contributed by atoms with Gasteiger partial charge in [-0.2, -0.15) is 0 Å². The van der Waals surface area contributed by atoms with Gasteiger partial charge in [0.25, 0.3) is 0 Å². The number of nitrogens with zero attached hydrogens (tertiary/aromatic N) is 2. The molecule has 0 aromatic rings. The van der Waals surface area contributed by atoms with Crippen molar-refractivity contribution in [3.63, 3.8) is 0 Å². The first-order chi connectivity index (χ1) is 15.0. The molecule has 3 unspecified atom stereocenters. The third kappa shape index (κ3) is 6.43. The van der Waals surface area contributed by atoms with Crippen LogP contribution in [0.5, 0.6) is 0 Å². The molecule has 9 nitrogen and oxygen atoms in total. The van der Waals surface area contributed by atoms with Gasteiger partial charge in [0, 0.05) is 19.8 Å². The van der Waals surface area contributed by atoms with Crippen LogP contribution in [0.2, 0.25) is 0 Å². The van der Waals surface area contributed by atoms with Crippen molar-refractivity contribution in [3.05, 3.63) is 0 Å². The first kappa shape index (κ1) is 26.1. The van der Waals surface area contributed by atoms with Gasteiger partial charge in [0.2, 0.25) is 11.9 Å². The van der Waals surface area contributed by atoms with E-state index in [-0.39, 0.29) is 42.1 Å². The van der Waals surface area contributed by atoms with Crippen molar-refractivity contribution < 1.29 is 28.6 Å². The lowest BCUT2D eigenvalue weighted by atomic mass is 9.87. The molecule has 1 heterocycles. The summed E-state index contributed by atoms with van der Waals surface area (Å²) < 4.78 is 15.9. The van der Waals surface area contributed by atoms with E-state index >= 15 is 0 Å². The van der Waals surface area contributed by atoms with Crippen molar-refractivity contribution in [2.24, 2.45) is 16.8 Å². The molecule has 32 heavy (non-hydrogen) atoms. The zero-order valence-electron chi connectivity index (χ0n) is 20.5. The van der Waals surface area contributed by atoms with E-state index in [9.17, 15) is 14.4 Å². The second-order valence-corrected chi connectivity index (χ2v) is 9.54. The highest BCUT2D eigenvalue weighted by Gasteiger charge is 2.53. The van der Waals surface area contributed by atoms with E-state index in [1.165, 1.54) is 0 Å². The molecule has 2 amide bonds. The number of methoxy groups -OCH3 is 1. The number of nitrogens with one attached hydrogen (secondary N) is 1. The summed E-state index contributed by atoms with van der Waals surface area (Å²) in [6.07, 6.45) is 2.06. The van der Waals surface area contributed by atoms with Crippen molar-refractivity contribution in [1.82, 2.24) is 10.2 Å². The maximum atomic E-state index is 13.4. The minimum atomic E-state index is -0.693. The third-order valence-electron chi connectivity index (χ3n) is 6.12. The topological polar surface area (TPSA) is 107 Å². The summed E-state index contributed by atoms with van der Waals surface area (Å²) in [6, 6.07) is -0.336. The number of carbonyl (C=O) groups excluding carboxylic acids is 3. The van der Waals surface area contributed by atoms with Gasteiger partial charge in [-0.05, 0) is 59.3 Å². The molecule has 9 heteroatoms. The fraction of sp³-hybridized carbons (Fsp3) is 0.826. The Balaban J connectivity index is 2.38. The van der Waals surface area contributed by atoms with E-state index in [1.54, 1.807) is 39.7 Å². The van der Waals surface area contributed by atoms with Crippen LogP contribution in [-0.2, 0) is 23.8 Å². The Hall–Kier alpha value is -2.16. The Bertz CT molecular complexity index is 726. The van der Waals surface area contributed by atoms with Crippen LogP contribution in [0.1, 0.15) is 73.6 Å². The summed E-state index contributed by atoms with van der Waals surface area (Å²) in [4.78, 5) is 44.7. The highest BCUT2D eigenvalue weighted by molar-refractivity contribution is 6.05. The maximum Gasteiger partial charge on any atom is 0.414 e. The SMILES string of the molecule is CCOC(=O)C1CC1C(CCOC)N1C(=O)CC(CC)(CC)N=C1NC(=O)OC(C)(C)C. The smallest absolute Gasteiger partial charge is 0.414 e. The third-order valence-corrected chi connectivity index (χ3v) is 6.12. The Morgan fingerprint density at radius 3 is 2.44 bits per heavy atom. The van der Waals surface area contributed by atoms with Gasteiger partial charge in [-0.25, -0.2) is 9.79 Å². The number of ether oxygens (including phenoxy) is 3. The van der Waals surface area contributed by atoms with E-state index in [0.29, 0.717) is 38.9 Å². The molecule has 0 bridgehead atoms. The van der Waals surface area contributed by atoms with Gasteiger partial charge in [-0.1, -0.05) is 13.8 Å². The molecule has 1 aliphatic heterocycles. The average Bonchev–Trinajstić information content (AvgIpc) is 3.49. The molecule has 1 N–H and O–H groups in total. The molecule has 0 aromatic heterocycles. The van der Waals surface area contributed by atoms with Gasteiger partial charge in [0.15, 0.2) is 0 Å². The second kappa shape index (κ2) is 10.6. The van der Waals surface area contributed by atoms with Crippen LogP contribution in [0.4, 0.5) is 4.79 Å². The van der Waals surface area contributed by atoms with Crippen LogP contribution in [0.3, 0.4) is 0 Å². The normalized spacial score (nSPS) is 23.3. The van der Waals surface area contributed by atoms with Gasteiger partial charge >= 0.3 is 12.1 Å². The zero-order valence-corrected chi connectivity index (χ0v) is 20.5. The molecule has 1 saturated carbocycles. The summed E-state index contributed by atoms with van der Waals surface area (Å²) in [5.41, 5.74) is -1.27. The number of rotatable bonds is 9. The number of carbonyl (C=O) groups is 3. The largest absolute Gasteiger partial charge is 0.466 e. The molecule has 3 atom stereocenters. The van der Waals surface area contributed by atoms with Crippen LogP contribution in [-0.4, -0.2) is 66.3 Å². The Labute approximate surface area is 191 Å². The van der Waals surface area contributed by atoms with Crippen molar-refractivity contribution in [1.29, 1.82) is 0 Å². The summed E-state index contributed by atoms with van der Waals surface area (Å²) in [5.74, 6) is -0.523. The van der Waals surface area contributed by atoms with Gasteiger partial charge in [-0.3, -0.25) is 19.8 Å². The Morgan fingerprint density at radius 2 is 1.91 bits per heavy atom. The van der Waals surface area contributed by atoms with Crippen molar-refractivity contribution in [2.45, 2.75) is 90.8 Å². The minimum absolute atomic E-state index is 0.0745.